The lowest BCUT2D eigenvalue weighted by molar-refractivity contribution is -0.702. The van der Waals surface area contributed by atoms with Gasteiger partial charge in [-0.2, -0.15) is 0 Å². The number of fused-ring (bicyclic) bond motifs is 1. The highest BCUT2D eigenvalue weighted by molar-refractivity contribution is 7.10. The molecule has 0 radical (unpaired) electrons. The van der Waals surface area contributed by atoms with Gasteiger partial charge in [0.05, 0.1) is 15.8 Å². The fourth-order valence-electron chi connectivity index (χ4n) is 3.61. The van der Waals surface area contributed by atoms with E-state index < -0.39 is 0 Å². The Morgan fingerprint density at radius 3 is 2.52 bits per heavy atom. The predicted molar refractivity (Wildman–Crippen MR) is 119 cm³/mol. The molecule has 148 valence electrons. The van der Waals surface area contributed by atoms with Crippen molar-refractivity contribution in [1.29, 1.82) is 0 Å². The second-order valence-electron chi connectivity index (χ2n) is 7.44. The van der Waals surface area contributed by atoms with E-state index in [1.165, 1.54) is 16.0 Å². The standard InChI is InChI=1S/C24H25N3OS/c1-3-16(2)17-10-12-18(13-11-17)23(21-9-6-14-29-21)25-15-22-26-20-8-5-4-7-19(20)24(28)27-22/h4-14,16,23,25H,3,15H2,1-2H3,(H,26,27,28)/p+1/t16-,23-/m0/s1. The van der Waals surface area contributed by atoms with Crippen LogP contribution in [0.3, 0.4) is 0 Å². The Bertz CT molecular complexity index is 1130. The van der Waals surface area contributed by atoms with Crippen molar-refractivity contribution in [1.82, 2.24) is 9.97 Å². The molecule has 29 heavy (non-hydrogen) atoms. The van der Waals surface area contributed by atoms with E-state index >= 15 is 0 Å². The number of hydrogen-bond acceptors (Lipinski definition) is 3. The van der Waals surface area contributed by atoms with Crippen molar-refractivity contribution in [2.24, 2.45) is 0 Å². The van der Waals surface area contributed by atoms with Crippen LogP contribution in [0.2, 0.25) is 0 Å². The van der Waals surface area contributed by atoms with Gasteiger partial charge in [0.25, 0.3) is 5.56 Å². The monoisotopic (exact) mass is 404 g/mol. The summed E-state index contributed by atoms with van der Waals surface area (Å²) < 4.78 is 0. The highest BCUT2D eigenvalue weighted by Gasteiger charge is 2.20. The van der Waals surface area contributed by atoms with E-state index in [1.54, 1.807) is 11.3 Å². The fraction of sp³-hybridized carbons (Fsp3) is 0.250. The highest BCUT2D eigenvalue weighted by atomic mass is 32.1. The Labute approximate surface area is 174 Å². The molecule has 0 fully saturated rings. The molecule has 2 aromatic carbocycles. The Kier molecular flexibility index (Phi) is 5.88. The minimum absolute atomic E-state index is 0.0791. The third-order valence-electron chi connectivity index (χ3n) is 5.54. The van der Waals surface area contributed by atoms with Crippen LogP contribution in [0.1, 0.15) is 54.1 Å². The average Bonchev–Trinajstić information content (AvgIpc) is 3.28. The number of nitrogens with one attached hydrogen (secondary N) is 1. The fourth-order valence-corrected chi connectivity index (χ4v) is 4.46. The number of nitrogens with zero attached hydrogens (tertiary/aromatic N) is 1. The number of H-pyrrole nitrogens is 1. The normalized spacial score (nSPS) is 13.4. The molecule has 4 aromatic rings. The second-order valence-corrected chi connectivity index (χ2v) is 8.42. The number of rotatable bonds is 7. The molecule has 0 aliphatic carbocycles. The summed E-state index contributed by atoms with van der Waals surface area (Å²) in [6.45, 7) is 5.09. The van der Waals surface area contributed by atoms with Gasteiger partial charge in [-0.15, -0.1) is 11.3 Å². The van der Waals surface area contributed by atoms with Crippen molar-refractivity contribution in [2.75, 3.05) is 0 Å². The first-order chi connectivity index (χ1) is 14.2. The summed E-state index contributed by atoms with van der Waals surface area (Å²) in [6, 6.07) is 20.9. The summed E-state index contributed by atoms with van der Waals surface area (Å²) >= 11 is 1.76. The summed E-state index contributed by atoms with van der Waals surface area (Å²) in [7, 11) is 0. The Morgan fingerprint density at radius 1 is 1.03 bits per heavy atom. The van der Waals surface area contributed by atoms with Gasteiger partial charge in [0.1, 0.15) is 12.6 Å². The minimum Gasteiger partial charge on any atom is -0.329 e. The van der Waals surface area contributed by atoms with Gasteiger partial charge in [-0.1, -0.05) is 56.3 Å². The van der Waals surface area contributed by atoms with Crippen LogP contribution in [0.25, 0.3) is 10.9 Å². The molecule has 2 heterocycles. The number of benzene rings is 2. The third kappa shape index (κ3) is 4.31. The zero-order chi connectivity index (χ0) is 20.2. The summed E-state index contributed by atoms with van der Waals surface area (Å²) in [4.78, 5) is 21.2. The summed E-state index contributed by atoms with van der Waals surface area (Å²) in [5.41, 5.74) is 3.30. The molecule has 2 atom stereocenters. The molecule has 0 bridgehead atoms. The van der Waals surface area contributed by atoms with Crippen molar-refractivity contribution in [3.05, 3.63) is 98.2 Å². The van der Waals surface area contributed by atoms with Crippen LogP contribution in [0.4, 0.5) is 0 Å². The number of quaternary nitrogens is 1. The molecule has 0 saturated carbocycles. The lowest BCUT2D eigenvalue weighted by Crippen LogP contribution is -2.84. The van der Waals surface area contributed by atoms with Crippen LogP contribution in [-0.2, 0) is 6.54 Å². The van der Waals surface area contributed by atoms with Crippen LogP contribution >= 0.6 is 11.3 Å². The number of para-hydroxylation sites is 1. The molecule has 0 aliphatic heterocycles. The van der Waals surface area contributed by atoms with Gasteiger partial charge in [-0.3, -0.25) is 4.79 Å². The topological polar surface area (TPSA) is 62.4 Å². The SMILES string of the molecule is CC[C@H](C)c1ccc([C@H]([NH2+]Cc2nc3ccccc3c(=O)[nH]2)c2cccs2)cc1. The number of aromatic amines is 1. The molecule has 0 spiro atoms. The van der Waals surface area contributed by atoms with Gasteiger partial charge in [-0.05, 0) is 41.5 Å². The minimum atomic E-state index is -0.0791. The van der Waals surface area contributed by atoms with E-state index in [2.05, 4.69) is 70.9 Å². The maximum Gasteiger partial charge on any atom is 0.258 e. The quantitative estimate of drug-likeness (QED) is 0.481. The Hall–Kier alpha value is -2.76. The van der Waals surface area contributed by atoms with Crippen LogP contribution < -0.4 is 10.9 Å². The smallest absolute Gasteiger partial charge is 0.258 e. The lowest BCUT2D eigenvalue weighted by Gasteiger charge is -2.16. The first-order valence-corrected chi connectivity index (χ1v) is 11.0. The van der Waals surface area contributed by atoms with Gasteiger partial charge in [-0.25, -0.2) is 4.98 Å². The molecule has 0 unspecified atom stereocenters. The highest BCUT2D eigenvalue weighted by Crippen LogP contribution is 2.25. The van der Waals surface area contributed by atoms with Crippen LogP contribution in [0, 0.1) is 0 Å². The molecule has 5 heteroatoms. The zero-order valence-corrected chi connectivity index (χ0v) is 17.6. The number of thiophene rings is 1. The van der Waals surface area contributed by atoms with E-state index in [0.717, 1.165) is 11.9 Å². The van der Waals surface area contributed by atoms with Gasteiger partial charge < -0.3 is 10.3 Å². The maximum atomic E-state index is 12.4. The molecule has 0 amide bonds. The first kappa shape index (κ1) is 19.6. The zero-order valence-electron chi connectivity index (χ0n) is 16.8. The predicted octanol–water partition coefficient (Wildman–Crippen LogP) is 4.35. The van der Waals surface area contributed by atoms with Gasteiger partial charge in [0.2, 0.25) is 0 Å². The first-order valence-electron chi connectivity index (χ1n) is 10.1. The van der Waals surface area contributed by atoms with Crippen LogP contribution in [0.5, 0.6) is 0 Å². The van der Waals surface area contributed by atoms with Gasteiger partial charge in [0, 0.05) is 5.56 Å². The van der Waals surface area contributed by atoms with Crippen molar-refractivity contribution in [2.45, 2.75) is 38.8 Å². The van der Waals surface area contributed by atoms with Crippen molar-refractivity contribution >= 4 is 22.2 Å². The molecule has 0 saturated heterocycles. The van der Waals surface area contributed by atoms with Crippen molar-refractivity contribution < 1.29 is 5.32 Å². The van der Waals surface area contributed by atoms with E-state index in [-0.39, 0.29) is 11.6 Å². The maximum absolute atomic E-state index is 12.4. The number of aromatic nitrogens is 2. The molecule has 4 nitrogen and oxygen atoms in total. The van der Waals surface area contributed by atoms with E-state index in [1.807, 2.05) is 24.3 Å². The molecular formula is C24H26N3OS+. The third-order valence-corrected chi connectivity index (χ3v) is 6.49. The number of hydrogen-bond donors (Lipinski definition) is 2. The van der Waals surface area contributed by atoms with E-state index in [4.69, 9.17) is 0 Å². The van der Waals surface area contributed by atoms with E-state index in [9.17, 15) is 4.79 Å². The summed E-state index contributed by atoms with van der Waals surface area (Å²) in [6.07, 6.45) is 1.14. The van der Waals surface area contributed by atoms with Gasteiger partial charge >= 0.3 is 0 Å². The van der Waals surface area contributed by atoms with Crippen molar-refractivity contribution in [3.8, 4) is 0 Å². The average molecular weight is 405 g/mol. The number of nitrogens with two attached hydrogens (primary N) is 1. The summed E-state index contributed by atoms with van der Waals surface area (Å²) in [5.74, 6) is 1.27. The molecule has 0 aliphatic rings. The summed E-state index contributed by atoms with van der Waals surface area (Å²) in [5, 5.41) is 4.99. The van der Waals surface area contributed by atoms with E-state index in [0.29, 0.717) is 23.7 Å². The Balaban J connectivity index is 1.60. The van der Waals surface area contributed by atoms with Crippen LogP contribution in [0.15, 0.2) is 70.8 Å². The van der Waals surface area contributed by atoms with Crippen LogP contribution in [-0.4, -0.2) is 9.97 Å². The van der Waals surface area contributed by atoms with Crippen molar-refractivity contribution in [3.63, 3.8) is 0 Å². The molecule has 3 N–H and O–H groups in total. The Morgan fingerprint density at radius 2 is 1.79 bits per heavy atom. The second kappa shape index (κ2) is 8.72. The molecular weight excluding hydrogens is 378 g/mol. The largest absolute Gasteiger partial charge is 0.329 e. The lowest BCUT2D eigenvalue weighted by atomic mass is 9.95. The molecule has 4 rings (SSSR count). The van der Waals surface area contributed by atoms with Gasteiger partial charge in [0.15, 0.2) is 5.82 Å². The molecule has 2 aromatic heterocycles.